The summed E-state index contributed by atoms with van der Waals surface area (Å²) in [6.07, 6.45) is 0.500. The van der Waals surface area contributed by atoms with Gasteiger partial charge in [-0.15, -0.1) is 0 Å². The molecule has 1 atom stereocenters. The molecule has 0 radical (unpaired) electrons. The first-order valence-corrected chi connectivity index (χ1v) is 6.04. The number of aryl methyl sites for hydroxylation is 1. The van der Waals surface area contributed by atoms with Gasteiger partial charge in [0.25, 0.3) is 0 Å². The van der Waals surface area contributed by atoms with E-state index in [0.717, 1.165) is 0 Å². The Bertz CT molecular complexity index is 467. The second-order valence-corrected chi connectivity index (χ2v) is 4.80. The Morgan fingerprint density at radius 2 is 2.21 bits per heavy atom. The summed E-state index contributed by atoms with van der Waals surface area (Å²) in [7, 11) is 1.54. The number of nitrogens with one attached hydrogen (secondary N) is 1. The highest BCUT2D eigenvalue weighted by molar-refractivity contribution is 5.95. The Morgan fingerprint density at radius 1 is 1.58 bits per heavy atom. The molecule has 0 aliphatic carbocycles. The van der Waals surface area contributed by atoms with Crippen LogP contribution in [0.3, 0.4) is 0 Å². The molecule has 0 aliphatic rings. The lowest BCUT2D eigenvalue weighted by Crippen LogP contribution is -2.53. The highest BCUT2D eigenvalue weighted by Crippen LogP contribution is 2.10. The number of anilines is 1. The molecule has 2 amide bonds. The largest absolute Gasteiger partial charge is 0.360 e. The molecule has 1 aromatic heterocycles. The van der Waals surface area contributed by atoms with E-state index in [9.17, 15) is 9.59 Å². The molecule has 1 aromatic rings. The van der Waals surface area contributed by atoms with Crippen LogP contribution in [0.25, 0.3) is 0 Å². The molecule has 19 heavy (non-hydrogen) atoms. The fraction of sp³-hybridized carbons (Fsp3) is 0.583. The second-order valence-electron chi connectivity index (χ2n) is 4.80. The van der Waals surface area contributed by atoms with Gasteiger partial charge in [-0.25, -0.2) is 0 Å². The van der Waals surface area contributed by atoms with Crippen LogP contribution in [0, 0.1) is 6.92 Å². The molecule has 0 fully saturated rings. The zero-order chi connectivity index (χ0) is 14.6. The van der Waals surface area contributed by atoms with E-state index in [4.69, 9.17) is 10.3 Å². The van der Waals surface area contributed by atoms with E-state index in [1.54, 1.807) is 19.9 Å². The third kappa shape index (κ3) is 4.06. The van der Waals surface area contributed by atoms with Crippen LogP contribution in [-0.2, 0) is 9.59 Å². The number of amides is 2. The zero-order valence-electron chi connectivity index (χ0n) is 11.7. The number of carbonyl (C=O) groups is 2. The van der Waals surface area contributed by atoms with E-state index in [1.807, 2.05) is 6.92 Å². The van der Waals surface area contributed by atoms with Gasteiger partial charge in [0.15, 0.2) is 5.82 Å². The van der Waals surface area contributed by atoms with E-state index in [1.165, 1.54) is 11.9 Å². The average Bonchev–Trinajstić information content (AvgIpc) is 2.73. The van der Waals surface area contributed by atoms with Crippen LogP contribution in [0.5, 0.6) is 0 Å². The van der Waals surface area contributed by atoms with Gasteiger partial charge in [0, 0.05) is 13.1 Å². The minimum Gasteiger partial charge on any atom is -0.360 e. The van der Waals surface area contributed by atoms with Crippen molar-refractivity contribution in [3.8, 4) is 0 Å². The molecular weight excluding hydrogens is 248 g/mol. The van der Waals surface area contributed by atoms with Crippen LogP contribution >= 0.6 is 0 Å². The predicted molar refractivity (Wildman–Crippen MR) is 70.4 cm³/mol. The van der Waals surface area contributed by atoms with Crippen molar-refractivity contribution in [1.82, 2.24) is 10.1 Å². The van der Waals surface area contributed by atoms with E-state index < -0.39 is 5.54 Å². The van der Waals surface area contributed by atoms with Gasteiger partial charge >= 0.3 is 0 Å². The molecule has 0 bridgehead atoms. The van der Waals surface area contributed by atoms with Crippen LogP contribution in [-0.4, -0.2) is 41.0 Å². The Hall–Kier alpha value is -1.89. The SMILES string of the molecule is CCC(C)(N)C(=O)N(C)CC(=O)Nc1cc(C)on1. The molecule has 7 heteroatoms. The molecule has 106 valence electrons. The van der Waals surface area contributed by atoms with Crippen LogP contribution in [0.4, 0.5) is 5.82 Å². The first-order valence-electron chi connectivity index (χ1n) is 6.04. The molecule has 3 N–H and O–H groups in total. The molecular formula is C12H20N4O3. The number of nitrogens with zero attached hydrogens (tertiary/aromatic N) is 2. The maximum atomic E-state index is 12.0. The first-order chi connectivity index (χ1) is 8.76. The van der Waals surface area contributed by atoms with Crippen molar-refractivity contribution in [3.05, 3.63) is 11.8 Å². The summed E-state index contributed by atoms with van der Waals surface area (Å²) in [6.45, 7) is 5.10. The number of nitrogens with two attached hydrogens (primary N) is 1. The number of hydrogen-bond donors (Lipinski definition) is 2. The normalized spacial score (nSPS) is 13.7. The Balaban J connectivity index is 2.55. The predicted octanol–water partition coefficient (Wildman–Crippen LogP) is 0.507. The first kappa shape index (κ1) is 15.2. The van der Waals surface area contributed by atoms with Gasteiger partial charge in [-0.1, -0.05) is 12.1 Å². The summed E-state index contributed by atoms with van der Waals surface area (Å²) in [4.78, 5) is 25.0. The molecule has 0 spiro atoms. The van der Waals surface area contributed by atoms with Crippen molar-refractivity contribution in [1.29, 1.82) is 0 Å². The van der Waals surface area contributed by atoms with E-state index in [0.29, 0.717) is 18.0 Å². The molecule has 1 heterocycles. The summed E-state index contributed by atoms with van der Waals surface area (Å²) in [5.41, 5.74) is 4.88. The molecule has 0 aliphatic heterocycles. The fourth-order valence-corrected chi connectivity index (χ4v) is 1.48. The highest BCUT2D eigenvalue weighted by atomic mass is 16.5. The minimum absolute atomic E-state index is 0.0858. The van der Waals surface area contributed by atoms with Crippen LogP contribution in [0.1, 0.15) is 26.0 Å². The molecule has 1 rings (SSSR count). The third-order valence-electron chi connectivity index (χ3n) is 2.85. The van der Waals surface area contributed by atoms with Gasteiger partial charge in [-0.3, -0.25) is 9.59 Å². The van der Waals surface area contributed by atoms with Gasteiger partial charge < -0.3 is 20.5 Å². The lowest BCUT2D eigenvalue weighted by atomic mass is 9.99. The van der Waals surface area contributed by atoms with Crippen molar-refractivity contribution < 1.29 is 14.1 Å². The number of hydrogen-bond acceptors (Lipinski definition) is 5. The standard InChI is InChI=1S/C12H20N4O3/c1-5-12(3,13)11(18)16(4)7-10(17)14-9-6-8(2)19-15-9/h6H,5,7,13H2,1-4H3,(H,14,15,17). The zero-order valence-corrected chi connectivity index (χ0v) is 11.7. The van der Waals surface area contributed by atoms with Gasteiger partial charge in [-0.2, -0.15) is 0 Å². The van der Waals surface area contributed by atoms with E-state index in [-0.39, 0.29) is 18.4 Å². The highest BCUT2D eigenvalue weighted by Gasteiger charge is 2.29. The van der Waals surface area contributed by atoms with Gasteiger partial charge in [0.05, 0.1) is 12.1 Å². The summed E-state index contributed by atoms with van der Waals surface area (Å²) in [5, 5.41) is 6.18. The van der Waals surface area contributed by atoms with Crippen molar-refractivity contribution >= 4 is 17.6 Å². The summed E-state index contributed by atoms with van der Waals surface area (Å²) >= 11 is 0. The molecule has 0 saturated carbocycles. The van der Waals surface area contributed by atoms with Crippen LogP contribution in [0.15, 0.2) is 10.6 Å². The molecule has 7 nitrogen and oxygen atoms in total. The monoisotopic (exact) mass is 268 g/mol. The maximum Gasteiger partial charge on any atom is 0.245 e. The Kier molecular flexibility index (Phi) is 4.66. The van der Waals surface area contributed by atoms with Crippen molar-refractivity contribution in [2.24, 2.45) is 5.73 Å². The lowest BCUT2D eigenvalue weighted by molar-refractivity contribution is -0.137. The van der Waals surface area contributed by atoms with Gasteiger partial charge in [0.2, 0.25) is 11.8 Å². The van der Waals surface area contributed by atoms with Crippen molar-refractivity contribution in [2.75, 3.05) is 18.9 Å². The summed E-state index contributed by atoms with van der Waals surface area (Å²) in [6, 6.07) is 1.60. The lowest BCUT2D eigenvalue weighted by Gasteiger charge is -2.27. The fourth-order valence-electron chi connectivity index (χ4n) is 1.48. The van der Waals surface area contributed by atoms with Gasteiger partial charge in [-0.05, 0) is 20.3 Å². The number of carbonyl (C=O) groups excluding carboxylic acids is 2. The quantitative estimate of drug-likeness (QED) is 0.810. The van der Waals surface area contributed by atoms with E-state index in [2.05, 4.69) is 10.5 Å². The molecule has 0 aromatic carbocycles. The van der Waals surface area contributed by atoms with Crippen LogP contribution in [0.2, 0.25) is 0 Å². The number of likely N-dealkylation sites (N-methyl/N-ethyl adjacent to an activating group) is 1. The molecule has 0 saturated heterocycles. The Labute approximate surface area is 112 Å². The number of rotatable bonds is 5. The van der Waals surface area contributed by atoms with Crippen molar-refractivity contribution in [3.63, 3.8) is 0 Å². The molecule has 1 unspecified atom stereocenters. The summed E-state index contributed by atoms with van der Waals surface area (Å²) in [5.74, 6) is 0.298. The Morgan fingerprint density at radius 3 is 2.68 bits per heavy atom. The minimum atomic E-state index is -0.959. The topological polar surface area (TPSA) is 101 Å². The smallest absolute Gasteiger partial charge is 0.245 e. The van der Waals surface area contributed by atoms with E-state index >= 15 is 0 Å². The third-order valence-corrected chi connectivity index (χ3v) is 2.85. The average molecular weight is 268 g/mol. The maximum absolute atomic E-state index is 12.0. The van der Waals surface area contributed by atoms with Gasteiger partial charge in [0.1, 0.15) is 5.76 Å². The van der Waals surface area contributed by atoms with Crippen LogP contribution < -0.4 is 11.1 Å². The second kappa shape index (κ2) is 5.83. The summed E-state index contributed by atoms with van der Waals surface area (Å²) < 4.78 is 4.82. The number of aromatic nitrogens is 1. The van der Waals surface area contributed by atoms with Crippen molar-refractivity contribution in [2.45, 2.75) is 32.7 Å².